The largest absolute Gasteiger partial charge is 0.373 e. The van der Waals surface area contributed by atoms with Crippen molar-refractivity contribution < 1.29 is 9.53 Å². The summed E-state index contributed by atoms with van der Waals surface area (Å²) in [7, 11) is 0. The lowest BCUT2D eigenvalue weighted by molar-refractivity contribution is -0.115. The molecule has 84 valence electrons. The van der Waals surface area contributed by atoms with E-state index in [1.807, 2.05) is 0 Å². The molecule has 2 aliphatic rings. The lowest BCUT2D eigenvalue weighted by Crippen LogP contribution is -2.12. The third-order valence-corrected chi connectivity index (χ3v) is 4.18. The molecule has 1 fully saturated rings. The van der Waals surface area contributed by atoms with Gasteiger partial charge in [-0.2, -0.15) is 0 Å². The zero-order valence-electron chi connectivity index (χ0n) is 9.79. The summed E-state index contributed by atoms with van der Waals surface area (Å²) in [6, 6.07) is 0. The number of fused-ring (bicyclic) bond motifs is 1. The molecule has 1 aliphatic heterocycles. The number of rotatable bonds is 1. The van der Waals surface area contributed by atoms with Crippen molar-refractivity contribution in [2.75, 3.05) is 6.61 Å². The Kier molecular flexibility index (Phi) is 2.72. The number of Topliss-reactive ketones (excluding diaryl/α,β-unsaturated/α-hetero) is 1. The van der Waals surface area contributed by atoms with Gasteiger partial charge in [-0.3, -0.25) is 4.79 Å². The van der Waals surface area contributed by atoms with Crippen molar-refractivity contribution in [3.05, 3.63) is 10.5 Å². The minimum atomic E-state index is 0.110. The first-order valence-corrected chi connectivity index (χ1v) is 6.27. The lowest BCUT2D eigenvalue weighted by atomic mass is 10.00. The normalized spacial score (nSPS) is 31.3. The van der Waals surface area contributed by atoms with Gasteiger partial charge in [0.25, 0.3) is 0 Å². The van der Waals surface area contributed by atoms with E-state index in [-0.39, 0.29) is 10.9 Å². The molecule has 0 spiro atoms. The molecule has 0 aromatic carbocycles. The van der Waals surface area contributed by atoms with Crippen LogP contribution in [0.3, 0.4) is 0 Å². The van der Waals surface area contributed by atoms with Gasteiger partial charge in [-0.05, 0) is 12.5 Å². The lowest BCUT2D eigenvalue weighted by Gasteiger charge is -2.18. The number of thioether (sulfide) groups is 1. The van der Waals surface area contributed by atoms with Gasteiger partial charge in [0.1, 0.15) is 0 Å². The first kappa shape index (κ1) is 11.2. The standard InChI is InChI=1S/C12H18O2S/c1-7-8-5-10(13)11(9(8)6-14-7)15-12(2,3)4/h7-8H,5-6H2,1-4H3/t7-,8-/m0/s1. The van der Waals surface area contributed by atoms with Gasteiger partial charge in [0, 0.05) is 17.1 Å². The van der Waals surface area contributed by atoms with E-state index < -0.39 is 0 Å². The Balaban J connectivity index is 2.25. The van der Waals surface area contributed by atoms with Crippen LogP contribution in [-0.2, 0) is 9.53 Å². The first-order valence-electron chi connectivity index (χ1n) is 5.45. The highest BCUT2D eigenvalue weighted by molar-refractivity contribution is 8.05. The third-order valence-electron chi connectivity index (χ3n) is 2.87. The molecule has 0 aromatic heterocycles. The fourth-order valence-electron chi connectivity index (χ4n) is 2.15. The van der Waals surface area contributed by atoms with Crippen molar-refractivity contribution in [3.8, 4) is 0 Å². The van der Waals surface area contributed by atoms with Gasteiger partial charge in [0.15, 0.2) is 5.78 Å². The molecule has 0 bridgehead atoms. The number of carbonyl (C=O) groups excluding carboxylic acids is 1. The molecule has 3 heteroatoms. The van der Waals surface area contributed by atoms with Gasteiger partial charge < -0.3 is 4.74 Å². The fraction of sp³-hybridized carbons (Fsp3) is 0.750. The minimum absolute atomic E-state index is 0.110. The van der Waals surface area contributed by atoms with E-state index in [9.17, 15) is 4.79 Å². The maximum atomic E-state index is 11.9. The molecule has 2 atom stereocenters. The fourth-order valence-corrected chi connectivity index (χ4v) is 3.30. The Labute approximate surface area is 95.5 Å². The number of ketones is 1. The van der Waals surface area contributed by atoms with E-state index in [0.717, 1.165) is 4.91 Å². The van der Waals surface area contributed by atoms with Crippen molar-refractivity contribution in [3.63, 3.8) is 0 Å². The van der Waals surface area contributed by atoms with Crippen LogP contribution in [0.25, 0.3) is 0 Å². The molecular weight excluding hydrogens is 208 g/mol. The third kappa shape index (κ3) is 2.13. The summed E-state index contributed by atoms with van der Waals surface area (Å²) in [5.41, 5.74) is 1.26. The zero-order valence-corrected chi connectivity index (χ0v) is 10.6. The SMILES string of the molecule is C[C@@H]1OCC2=C(SC(C)(C)C)C(=O)C[C@H]21. The molecule has 0 unspecified atom stereocenters. The second kappa shape index (κ2) is 3.63. The Morgan fingerprint density at radius 1 is 1.40 bits per heavy atom. The molecule has 1 saturated heterocycles. The van der Waals surface area contributed by atoms with Gasteiger partial charge in [-0.25, -0.2) is 0 Å². The minimum Gasteiger partial charge on any atom is -0.373 e. The highest BCUT2D eigenvalue weighted by atomic mass is 32.2. The van der Waals surface area contributed by atoms with E-state index in [1.165, 1.54) is 5.57 Å². The number of ether oxygens (including phenoxy) is 1. The second-order valence-corrected chi connectivity index (χ2v) is 7.16. The molecule has 1 heterocycles. The maximum Gasteiger partial charge on any atom is 0.169 e. The van der Waals surface area contributed by atoms with Crippen molar-refractivity contribution in [2.24, 2.45) is 5.92 Å². The van der Waals surface area contributed by atoms with E-state index in [0.29, 0.717) is 24.7 Å². The first-order chi connectivity index (χ1) is 6.88. The monoisotopic (exact) mass is 226 g/mol. The molecule has 2 rings (SSSR count). The van der Waals surface area contributed by atoms with E-state index in [1.54, 1.807) is 11.8 Å². The topological polar surface area (TPSA) is 26.3 Å². The Bertz CT molecular complexity index is 325. The Hall–Kier alpha value is -0.280. The Morgan fingerprint density at radius 2 is 2.07 bits per heavy atom. The van der Waals surface area contributed by atoms with Crippen LogP contribution in [0.5, 0.6) is 0 Å². The van der Waals surface area contributed by atoms with Gasteiger partial charge in [-0.1, -0.05) is 20.8 Å². The molecule has 0 saturated carbocycles. The molecular formula is C12H18O2S. The quantitative estimate of drug-likeness (QED) is 0.687. The van der Waals surface area contributed by atoms with Crippen LogP contribution in [0, 0.1) is 5.92 Å². The number of hydrogen-bond acceptors (Lipinski definition) is 3. The summed E-state index contributed by atoms with van der Waals surface area (Å²) >= 11 is 1.70. The van der Waals surface area contributed by atoms with Gasteiger partial charge in [0.2, 0.25) is 0 Å². The van der Waals surface area contributed by atoms with Crippen LogP contribution in [0.2, 0.25) is 0 Å². The summed E-state index contributed by atoms with van der Waals surface area (Å²) in [5, 5.41) is 0. The van der Waals surface area contributed by atoms with E-state index >= 15 is 0 Å². The van der Waals surface area contributed by atoms with Gasteiger partial charge in [-0.15, -0.1) is 11.8 Å². The molecule has 1 aliphatic carbocycles. The van der Waals surface area contributed by atoms with Gasteiger partial charge in [0.05, 0.1) is 17.6 Å². The van der Waals surface area contributed by atoms with Crippen LogP contribution in [-0.4, -0.2) is 23.2 Å². The molecule has 0 N–H and O–H groups in total. The van der Waals surface area contributed by atoms with Crippen LogP contribution < -0.4 is 0 Å². The molecule has 0 radical (unpaired) electrons. The van der Waals surface area contributed by atoms with Crippen molar-refractivity contribution in [1.82, 2.24) is 0 Å². The van der Waals surface area contributed by atoms with Crippen LogP contribution in [0.15, 0.2) is 10.5 Å². The highest BCUT2D eigenvalue weighted by Crippen LogP contribution is 2.45. The molecule has 2 nitrogen and oxygen atoms in total. The summed E-state index contributed by atoms with van der Waals surface area (Å²) in [4.78, 5) is 12.9. The van der Waals surface area contributed by atoms with Crippen LogP contribution in [0.1, 0.15) is 34.1 Å². The number of hydrogen-bond donors (Lipinski definition) is 0. The van der Waals surface area contributed by atoms with E-state index in [2.05, 4.69) is 27.7 Å². The Morgan fingerprint density at radius 3 is 2.67 bits per heavy atom. The van der Waals surface area contributed by atoms with E-state index in [4.69, 9.17) is 4.74 Å². The predicted octanol–water partition coefficient (Wildman–Crippen LogP) is 2.78. The maximum absolute atomic E-state index is 11.9. The van der Waals surface area contributed by atoms with Crippen LogP contribution >= 0.6 is 11.8 Å². The highest BCUT2D eigenvalue weighted by Gasteiger charge is 2.41. The molecule has 0 amide bonds. The van der Waals surface area contributed by atoms with Crippen molar-refractivity contribution in [2.45, 2.75) is 45.0 Å². The molecule has 0 aromatic rings. The molecule has 15 heavy (non-hydrogen) atoms. The average molecular weight is 226 g/mol. The number of carbonyl (C=O) groups is 1. The second-order valence-electron chi connectivity index (χ2n) is 5.32. The smallest absolute Gasteiger partial charge is 0.169 e. The summed E-state index contributed by atoms with van der Waals surface area (Å²) < 4.78 is 5.70. The van der Waals surface area contributed by atoms with Crippen molar-refractivity contribution in [1.29, 1.82) is 0 Å². The van der Waals surface area contributed by atoms with Crippen LogP contribution in [0.4, 0.5) is 0 Å². The van der Waals surface area contributed by atoms with Crippen molar-refractivity contribution >= 4 is 17.5 Å². The average Bonchev–Trinajstić information content (AvgIpc) is 2.55. The summed E-state index contributed by atoms with van der Waals surface area (Å²) in [5.74, 6) is 0.687. The predicted molar refractivity (Wildman–Crippen MR) is 62.9 cm³/mol. The van der Waals surface area contributed by atoms with Gasteiger partial charge >= 0.3 is 0 Å². The zero-order chi connectivity index (χ0) is 11.2. The number of allylic oxidation sites excluding steroid dienone is 1. The summed E-state index contributed by atoms with van der Waals surface area (Å²) in [6.07, 6.45) is 0.886. The summed E-state index contributed by atoms with van der Waals surface area (Å²) in [6.45, 7) is 9.16.